The van der Waals surface area contributed by atoms with Gasteiger partial charge in [-0.1, -0.05) is 0 Å². The van der Waals surface area contributed by atoms with Gasteiger partial charge in [0.25, 0.3) is 0 Å². The van der Waals surface area contributed by atoms with Crippen LogP contribution in [0.25, 0.3) is 0 Å². The minimum atomic E-state index is -0.790. The van der Waals surface area contributed by atoms with Crippen molar-refractivity contribution in [1.29, 1.82) is 0 Å². The standard InChI is InChI=1S/C15H26O5/c1-2-19-14(16)12-5-7-15(17,8-6-12)11-18-10-13-4-3-9-20-13/h12-13,17H,2-11H2,1H3. The van der Waals surface area contributed by atoms with Gasteiger partial charge in [-0.25, -0.2) is 0 Å². The van der Waals surface area contributed by atoms with Gasteiger partial charge in [-0.05, 0) is 45.4 Å². The highest BCUT2D eigenvalue weighted by atomic mass is 16.5. The Labute approximate surface area is 120 Å². The van der Waals surface area contributed by atoms with Crippen molar-refractivity contribution in [2.45, 2.75) is 57.2 Å². The van der Waals surface area contributed by atoms with Crippen molar-refractivity contribution in [3.05, 3.63) is 0 Å². The third-order valence-corrected chi connectivity index (χ3v) is 4.23. The maximum absolute atomic E-state index is 11.6. The normalized spacial score (nSPS) is 34.1. The summed E-state index contributed by atoms with van der Waals surface area (Å²) in [7, 11) is 0. The zero-order valence-electron chi connectivity index (χ0n) is 12.3. The number of rotatable bonds is 6. The van der Waals surface area contributed by atoms with Crippen molar-refractivity contribution in [3.8, 4) is 0 Å². The van der Waals surface area contributed by atoms with E-state index in [9.17, 15) is 9.90 Å². The molecule has 2 rings (SSSR count). The van der Waals surface area contributed by atoms with Crippen molar-refractivity contribution in [3.63, 3.8) is 0 Å². The molecule has 5 nitrogen and oxygen atoms in total. The number of carbonyl (C=O) groups is 1. The minimum absolute atomic E-state index is 0.0617. The van der Waals surface area contributed by atoms with E-state index in [1.165, 1.54) is 0 Å². The molecular weight excluding hydrogens is 260 g/mol. The molecule has 1 atom stereocenters. The highest BCUT2D eigenvalue weighted by Crippen LogP contribution is 2.33. The number of ether oxygens (including phenoxy) is 3. The fourth-order valence-corrected chi connectivity index (χ4v) is 2.95. The summed E-state index contributed by atoms with van der Waals surface area (Å²) in [5, 5.41) is 10.5. The number of carbonyl (C=O) groups excluding carboxylic acids is 1. The SMILES string of the molecule is CCOC(=O)C1CCC(O)(COCC2CCCO2)CC1. The monoisotopic (exact) mass is 286 g/mol. The van der Waals surface area contributed by atoms with Gasteiger partial charge >= 0.3 is 5.97 Å². The summed E-state index contributed by atoms with van der Waals surface area (Å²) in [5.41, 5.74) is -0.790. The van der Waals surface area contributed by atoms with Gasteiger partial charge in [0.2, 0.25) is 0 Å². The molecule has 1 N–H and O–H groups in total. The van der Waals surface area contributed by atoms with Gasteiger partial charge < -0.3 is 19.3 Å². The fraction of sp³-hybridized carbons (Fsp3) is 0.933. The number of aliphatic hydroxyl groups is 1. The Kier molecular flexibility index (Phi) is 5.81. The van der Waals surface area contributed by atoms with Crippen LogP contribution >= 0.6 is 0 Å². The molecule has 2 aliphatic rings. The van der Waals surface area contributed by atoms with E-state index in [4.69, 9.17) is 14.2 Å². The van der Waals surface area contributed by atoms with Crippen LogP contribution in [0.5, 0.6) is 0 Å². The van der Waals surface area contributed by atoms with Gasteiger partial charge in [0.05, 0.1) is 37.4 Å². The van der Waals surface area contributed by atoms with Gasteiger partial charge in [0.1, 0.15) is 0 Å². The van der Waals surface area contributed by atoms with E-state index < -0.39 is 5.60 Å². The van der Waals surface area contributed by atoms with Gasteiger partial charge in [-0.15, -0.1) is 0 Å². The van der Waals surface area contributed by atoms with E-state index >= 15 is 0 Å². The second-order valence-corrected chi connectivity index (χ2v) is 5.90. The lowest BCUT2D eigenvalue weighted by atomic mass is 9.79. The molecule has 1 saturated heterocycles. The Morgan fingerprint density at radius 2 is 2.10 bits per heavy atom. The van der Waals surface area contributed by atoms with E-state index in [0.717, 1.165) is 19.4 Å². The second kappa shape index (κ2) is 7.38. The van der Waals surface area contributed by atoms with Gasteiger partial charge in [-0.3, -0.25) is 4.79 Å². The first-order chi connectivity index (χ1) is 9.63. The molecule has 1 saturated carbocycles. The summed E-state index contributed by atoms with van der Waals surface area (Å²) in [5.74, 6) is -0.191. The number of hydrogen-bond acceptors (Lipinski definition) is 5. The van der Waals surface area contributed by atoms with E-state index in [-0.39, 0.29) is 18.0 Å². The first-order valence-electron chi connectivity index (χ1n) is 7.71. The van der Waals surface area contributed by atoms with Gasteiger partial charge in [-0.2, -0.15) is 0 Å². The molecule has 0 aromatic heterocycles. The third-order valence-electron chi connectivity index (χ3n) is 4.23. The molecule has 2 fully saturated rings. The van der Waals surface area contributed by atoms with Crippen LogP contribution in [0.15, 0.2) is 0 Å². The van der Waals surface area contributed by atoms with Gasteiger partial charge in [0.15, 0.2) is 0 Å². The molecule has 20 heavy (non-hydrogen) atoms. The zero-order chi connectivity index (χ0) is 14.4. The quantitative estimate of drug-likeness (QED) is 0.752. The Morgan fingerprint density at radius 1 is 1.35 bits per heavy atom. The lowest BCUT2D eigenvalue weighted by Crippen LogP contribution is -2.41. The molecule has 1 aliphatic carbocycles. The summed E-state index contributed by atoms with van der Waals surface area (Å²) in [4.78, 5) is 11.6. The lowest BCUT2D eigenvalue weighted by molar-refractivity contribution is -0.152. The van der Waals surface area contributed by atoms with Crippen LogP contribution in [0.2, 0.25) is 0 Å². The van der Waals surface area contributed by atoms with Crippen LogP contribution in [-0.2, 0) is 19.0 Å². The number of esters is 1. The maximum Gasteiger partial charge on any atom is 0.308 e. The molecule has 0 aromatic carbocycles. The van der Waals surface area contributed by atoms with Crippen LogP contribution in [0, 0.1) is 5.92 Å². The molecule has 1 heterocycles. The minimum Gasteiger partial charge on any atom is -0.466 e. The molecule has 0 spiro atoms. The Bertz CT molecular complexity index is 303. The zero-order valence-corrected chi connectivity index (χ0v) is 12.3. The molecule has 0 aromatic rings. The second-order valence-electron chi connectivity index (χ2n) is 5.90. The first-order valence-corrected chi connectivity index (χ1v) is 7.71. The molecule has 116 valence electrons. The summed E-state index contributed by atoms with van der Waals surface area (Å²) >= 11 is 0. The maximum atomic E-state index is 11.6. The molecular formula is C15H26O5. The summed E-state index contributed by atoms with van der Waals surface area (Å²) in [6.07, 6.45) is 4.89. The van der Waals surface area contributed by atoms with Crippen molar-refractivity contribution >= 4 is 5.97 Å². The lowest BCUT2D eigenvalue weighted by Gasteiger charge is -2.35. The largest absolute Gasteiger partial charge is 0.466 e. The molecule has 0 bridgehead atoms. The van der Waals surface area contributed by atoms with Crippen LogP contribution in [0.4, 0.5) is 0 Å². The average molecular weight is 286 g/mol. The van der Waals surface area contributed by atoms with Crippen LogP contribution in [-0.4, -0.2) is 49.2 Å². The summed E-state index contributed by atoms with van der Waals surface area (Å²) < 4.78 is 16.1. The van der Waals surface area contributed by atoms with Crippen LogP contribution in [0.3, 0.4) is 0 Å². The van der Waals surface area contributed by atoms with Crippen molar-refractivity contribution in [2.75, 3.05) is 26.4 Å². The highest BCUT2D eigenvalue weighted by molar-refractivity contribution is 5.72. The molecule has 5 heteroatoms. The summed E-state index contributed by atoms with van der Waals surface area (Å²) in [6.45, 7) is 3.95. The Balaban J connectivity index is 1.66. The van der Waals surface area contributed by atoms with Crippen molar-refractivity contribution in [1.82, 2.24) is 0 Å². The van der Waals surface area contributed by atoms with E-state index in [1.54, 1.807) is 0 Å². The molecule has 1 aliphatic heterocycles. The number of hydrogen-bond donors (Lipinski definition) is 1. The van der Waals surface area contributed by atoms with E-state index in [1.807, 2.05) is 6.92 Å². The highest BCUT2D eigenvalue weighted by Gasteiger charge is 2.36. The Morgan fingerprint density at radius 3 is 2.70 bits per heavy atom. The smallest absolute Gasteiger partial charge is 0.308 e. The molecule has 1 unspecified atom stereocenters. The van der Waals surface area contributed by atoms with E-state index in [2.05, 4.69) is 0 Å². The molecule has 0 radical (unpaired) electrons. The topological polar surface area (TPSA) is 65.0 Å². The fourth-order valence-electron chi connectivity index (χ4n) is 2.95. The van der Waals surface area contributed by atoms with Gasteiger partial charge in [0, 0.05) is 6.61 Å². The molecule has 0 amide bonds. The summed E-state index contributed by atoms with van der Waals surface area (Å²) in [6, 6.07) is 0. The third kappa shape index (κ3) is 4.43. The average Bonchev–Trinajstić information content (AvgIpc) is 2.93. The predicted octanol–water partition coefficient (Wildman–Crippen LogP) is 1.67. The van der Waals surface area contributed by atoms with E-state index in [0.29, 0.717) is 45.5 Å². The first kappa shape index (κ1) is 15.7. The van der Waals surface area contributed by atoms with Crippen LogP contribution < -0.4 is 0 Å². The van der Waals surface area contributed by atoms with Crippen molar-refractivity contribution < 1.29 is 24.1 Å². The van der Waals surface area contributed by atoms with Crippen LogP contribution in [0.1, 0.15) is 45.4 Å². The Hall–Kier alpha value is -0.650. The van der Waals surface area contributed by atoms with Crippen molar-refractivity contribution in [2.24, 2.45) is 5.92 Å². The predicted molar refractivity (Wildman–Crippen MR) is 73.3 cm³/mol.